The number of hydrogen-bond donors (Lipinski definition) is 3. The minimum Gasteiger partial charge on any atom is -0.485 e. The predicted octanol–water partition coefficient (Wildman–Crippen LogP) is 6.35. The van der Waals surface area contributed by atoms with Crippen molar-refractivity contribution in [2.75, 3.05) is 13.2 Å². The molecule has 258 valence electrons. The first-order valence-corrected chi connectivity index (χ1v) is 16.5. The van der Waals surface area contributed by atoms with Gasteiger partial charge in [-0.05, 0) is 55.0 Å². The van der Waals surface area contributed by atoms with Crippen molar-refractivity contribution in [3.05, 3.63) is 131 Å². The Morgan fingerprint density at radius 1 is 0.694 bits per heavy atom. The molecule has 0 aliphatic carbocycles. The van der Waals surface area contributed by atoms with Gasteiger partial charge >= 0.3 is 12.1 Å². The van der Waals surface area contributed by atoms with E-state index in [1.54, 1.807) is 25.1 Å². The Kier molecular flexibility index (Phi) is 15.0. The number of esters is 1. The minimum atomic E-state index is -1.18. The Hall–Kier alpha value is -5.35. The Labute approximate surface area is 287 Å². The van der Waals surface area contributed by atoms with Gasteiger partial charge in [0, 0.05) is 6.54 Å². The van der Waals surface area contributed by atoms with Crippen LogP contribution in [0.25, 0.3) is 0 Å². The van der Waals surface area contributed by atoms with Gasteiger partial charge in [0.1, 0.15) is 19.8 Å². The Balaban J connectivity index is 1.34. The Morgan fingerprint density at radius 2 is 1.29 bits per heavy atom. The lowest BCUT2D eigenvalue weighted by Crippen LogP contribution is -2.44. The summed E-state index contributed by atoms with van der Waals surface area (Å²) in [5, 5.41) is 16.4. The fraction of sp³-hybridized carbons (Fsp3) is 0.308. The first-order chi connectivity index (χ1) is 23.9. The highest BCUT2D eigenvalue weighted by Gasteiger charge is 2.25. The molecule has 0 aliphatic heterocycles. The molecular formula is C39H44N2O8. The third kappa shape index (κ3) is 12.6. The summed E-state index contributed by atoms with van der Waals surface area (Å²) in [6.45, 7) is 2.82. The summed E-state index contributed by atoms with van der Waals surface area (Å²) in [7, 11) is 0. The maximum absolute atomic E-state index is 13.4. The molecule has 49 heavy (non-hydrogen) atoms. The van der Waals surface area contributed by atoms with E-state index in [1.165, 1.54) is 0 Å². The van der Waals surface area contributed by atoms with E-state index in [9.17, 15) is 19.5 Å². The van der Waals surface area contributed by atoms with E-state index in [2.05, 4.69) is 10.6 Å². The largest absolute Gasteiger partial charge is 0.485 e. The summed E-state index contributed by atoms with van der Waals surface area (Å²) in [6, 6.07) is 33.1. The van der Waals surface area contributed by atoms with E-state index in [-0.39, 0.29) is 32.1 Å². The molecule has 0 radical (unpaired) electrons. The molecule has 10 nitrogen and oxygen atoms in total. The number of ether oxygens (including phenoxy) is 4. The topological polar surface area (TPSA) is 132 Å². The summed E-state index contributed by atoms with van der Waals surface area (Å²) >= 11 is 0. The molecule has 0 aliphatic rings. The predicted molar refractivity (Wildman–Crippen MR) is 185 cm³/mol. The van der Waals surface area contributed by atoms with Gasteiger partial charge in [-0.3, -0.25) is 9.59 Å². The molecule has 10 heteroatoms. The molecule has 4 aromatic carbocycles. The highest BCUT2D eigenvalue weighted by Crippen LogP contribution is 2.33. The molecular weight excluding hydrogens is 624 g/mol. The first kappa shape index (κ1) is 36.5. The van der Waals surface area contributed by atoms with Crippen LogP contribution in [0.3, 0.4) is 0 Å². The number of benzene rings is 4. The minimum absolute atomic E-state index is 0.0644. The van der Waals surface area contributed by atoms with Crippen molar-refractivity contribution < 1.29 is 38.4 Å². The quantitative estimate of drug-likeness (QED) is 0.0778. The van der Waals surface area contributed by atoms with Gasteiger partial charge in [0.25, 0.3) is 5.91 Å². The number of hydrogen-bond acceptors (Lipinski definition) is 8. The lowest BCUT2D eigenvalue weighted by molar-refractivity contribution is -0.145. The second kappa shape index (κ2) is 20.1. The first-order valence-electron chi connectivity index (χ1n) is 16.5. The third-order valence-corrected chi connectivity index (χ3v) is 7.58. The van der Waals surface area contributed by atoms with Crippen LogP contribution in [0, 0.1) is 0 Å². The van der Waals surface area contributed by atoms with E-state index in [0.29, 0.717) is 49.5 Å². The number of aliphatic hydroxyl groups is 1. The summed E-state index contributed by atoms with van der Waals surface area (Å²) in [5.41, 5.74) is 3.09. The number of unbranched alkanes of at least 4 members (excludes halogenated alkanes) is 1. The Bertz CT molecular complexity index is 1580. The monoisotopic (exact) mass is 668 g/mol. The van der Waals surface area contributed by atoms with E-state index in [1.807, 2.05) is 91.0 Å². The highest BCUT2D eigenvalue weighted by molar-refractivity contribution is 5.97. The highest BCUT2D eigenvalue weighted by atomic mass is 16.5. The Morgan fingerprint density at radius 3 is 1.90 bits per heavy atom. The molecule has 0 unspecified atom stereocenters. The van der Waals surface area contributed by atoms with E-state index in [4.69, 9.17) is 18.9 Å². The van der Waals surface area contributed by atoms with Gasteiger partial charge in [-0.15, -0.1) is 0 Å². The maximum Gasteiger partial charge on any atom is 0.407 e. The molecule has 0 heterocycles. The molecule has 0 bridgehead atoms. The number of carbonyl (C=O) groups excluding carboxylic acids is 3. The smallest absolute Gasteiger partial charge is 0.407 e. The molecule has 0 saturated heterocycles. The normalized spacial score (nSPS) is 11.9. The zero-order valence-corrected chi connectivity index (χ0v) is 27.7. The standard InChI is InChI=1S/C39H44N2O8/c1-2-46-36(43)25-34(42)33(41-39(45)49-28-31-19-10-5-11-20-31)22-12-13-24-40-38(44)32-21-14-23-35(47-26-29-15-6-3-7-16-29)37(32)48-27-30-17-8-4-9-18-30/h3-11,14-21,23,33-34,42H,2,12-13,22,24-28H2,1H3,(H,40,44)(H,41,45)/t33-,34+/m0/s1. The van der Waals surface area contributed by atoms with Gasteiger partial charge in [0.05, 0.1) is 30.7 Å². The molecule has 0 fully saturated rings. The van der Waals surface area contributed by atoms with Crippen molar-refractivity contribution in [1.82, 2.24) is 10.6 Å². The second-order valence-electron chi connectivity index (χ2n) is 11.3. The van der Waals surface area contributed by atoms with Crippen LogP contribution < -0.4 is 20.1 Å². The zero-order chi connectivity index (χ0) is 34.7. The van der Waals surface area contributed by atoms with Gasteiger partial charge in [-0.25, -0.2) is 4.79 Å². The van der Waals surface area contributed by atoms with Crippen molar-refractivity contribution in [3.8, 4) is 11.5 Å². The van der Waals surface area contributed by atoms with Crippen LogP contribution in [0.2, 0.25) is 0 Å². The molecule has 2 amide bonds. The number of nitrogens with one attached hydrogen (secondary N) is 2. The van der Waals surface area contributed by atoms with Crippen molar-refractivity contribution in [3.63, 3.8) is 0 Å². The molecule has 3 N–H and O–H groups in total. The van der Waals surface area contributed by atoms with Gasteiger partial charge in [-0.2, -0.15) is 0 Å². The fourth-order valence-electron chi connectivity index (χ4n) is 5.02. The van der Waals surface area contributed by atoms with Crippen molar-refractivity contribution in [1.29, 1.82) is 0 Å². The molecule has 0 saturated carbocycles. The number of aliphatic hydroxyl groups excluding tert-OH is 1. The molecule has 4 rings (SSSR count). The number of amides is 2. The van der Waals surface area contributed by atoms with Crippen LogP contribution in [-0.4, -0.2) is 48.4 Å². The number of carbonyl (C=O) groups is 3. The van der Waals surface area contributed by atoms with E-state index in [0.717, 1.165) is 16.7 Å². The lowest BCUT2D eigenvalue weighted by Gasteiger charge is -2.23. The second-order valence-corrected chi connectivity index (χ2v) is 11.3. The SMILES string of the molecule is CCOC(=O)C[C@@H](O)[C@H](CCCCNC(=O)c1cccc(OCc2ccccc2)c1OCc1ccccc1)NC(=O)OCc1ccccc1. The molecule has 0 aromatic heterocycles. The fourth-order valence-corrected chi connectivity index (χ4v) is 5.02. The van der Waals surface area contributed by atoms with Crippen LogP contribution in [0.15, 0.2) is 109 Å². The van der Waals surface area contributed by atoms with E-state index < -0.39 is 24.2 Å². The maximum atomic E-state index is 13.4. The lowest BCUT2D eigenvalue weighted by atomic mass is 10.0. The number of rotatable bonds is 19. The number of para-hydroxylation sites is 1. The zero-order valence-electron chi connectivity index (χ0n) is 27.7. The summed E-state index contributed by atoms with van der Waals surface area (Å²) in [5.74, 6) is -0.0852. The summed E-state index contributed by atoms with van der Waals surface area (Å²) in [6.07, 6.45) is -0.752. The van der Waals surface area contributed by atoms with Crippen molar-refractivity contribution >= 4 is 18.0 Å². The van der Waals surface area contributed by atoms with Gasteiger partial charge in [-0.1, -0.05) is 97.1 Å². The molecule has 4 aromatic rings. The molecule has 2 atom stereocenters. The summed E-state index contributed by atoms with van der Waals surface area (Å²) < 4.78 is 22.6. The third-order valence-electron chi connectivity index (χ3n) is 7.58. The van der Waals surface area contributed by atoms with Crippen LogP contribution >= 0.6 is 0 Å². The number of alkyl carbamates (subject to hydrolysis) is 1. The molecule has 0 spiro atoms. The van der Waals surface area contributed by atoms with Crippen molar-refractivity contribution in [2.24, 2.45) is 0 Å². The van der Waals surface area contributed by atoms with Gasteiger partial charge < -0.3 is 34.7 Å². The van der Waals surface area contributed by atoms with E-state index >= 15 is 0 Å². The average molecular weight is 669 g/mol. The van der Waals surface area contributed by atoms with Crippen molar-refractivity contribution in [2.45, 2.75) is 64.6 Å². The van der Waals surface area contributed by atoms with Crippen LogP contribution in [0.4, 0.5) is 4.79 Å². The van der Waals surface area contributed by atoms with Gasteiger partial charge in [0.15, 0.2) is 11.5 Å². The average Bonchev–Trinajstić information content (AvgIpc) is 3.13. The van der Waals surface area contributed by atoms with Crippen LogP contribution in [-0.2, 0) is 34.1 Å². The van der Waals surface area contributed by atoms with Crippen LogP contribution in [0.5, 0.6) is 11.5 Å². The van der Waals surface area contributed by atoms with Crippen LogP contribution in [0.1, 0.15) is 59.7 Å². The summed E-state index contributed by atoms with van der Waals surface area (Å²) in [4.78, 5) is 38.0. The van der Waals surface area contributed by atoms with Gasteiger partial charge in [0.2, 0.25) is 0 Å².